The first-order valence-corrected chi connectivity index (χ1v) is 7.22. The molecule has 0 saturated heterocycles. The molecule has 30 heavy (non-hydrogen) atoms. The summed E-state index contributed by atoms with van der Waals surface area (Å²) in [5, 5.41) is 0. The van der Waals surface area contributed by atoms with Gasteiger partial charge in [0, 0.05) is 0 Å². The molecule has 0 aliphatic carbocycles. The van der Waals surface area contributed by atoms with E-state index in [1.807, 2.05) is 0 Å². The molecule has 0 saturated carbocycles. The van der Waals surface area contributed by atoms with Crippen molar-refractivity contribution < 1.29 is 57.0 Å². The molecule has 0 amide bonds. The lowest BCUT2D eigenvalue weighted by Gasteiger charge is -1.56. The predicted octanol–water partition coefficient (Wildman–Crippen LogP) is 4.49. The molecule has 0 unspecified atom stereocenters. The summed E-state index contributed by atoms with van der Waals surface area (Å²) in [6.07, 6.45) is 0. The number of carbonyl (C=O) groups is 6. The SMILES string of the molecule is CC(C)=O.CC(C)=O.CC(C)=O.CC(C)=O.CC(C)=O.CC(C)=O.F.F.F.F.F.F. The van der Waals surface area contributed by atoms with Crippen LogP contribution in [-0.2, 0) is 28.8 Å². The molecule has 0 fully saturated rings. The van der Waals surface area contributed by atoms with E-state index in [9.17, 15) is 28.8 Å². The Morgan fingerprint density at radius 2 is 0.233 bits per heavy atom. The van der Waals surface area contributed by atoms with Crippen molar-refractivity contribution in [1.29, 1.82) is 0 Å². The lowest BCUT2D eigenvalue weighted by atomic mass is 10.6. The van der Waals surface area contributed by atoms with Gasteiger partial charge in [0.1, 0.15) is 34.7 Å². The fourth-order valence-electron chi connectivity index (χ4n) is 0. The van der Waals surface area contributed by atoms with Gasteiger partial charge in [0.2, 0.25) is 0 Å². The summed E-state index contributed by atoms with van der Waals surface area (Å²) in [5.74, 6) is 1.00. The summed E-state index contributed by atoms with van der Waals surface area (Å²) in [6.45, 7) is 18.3. The van der Waals surface area contributed by atoms with E-state index in [0.29, 0.717) is 0 Å². The molecule has 0 atom stereocenters. The maximum Gasteiger partial charge on any atom is 0.126 e. The first-order chi connectivity index (χ1) is 10.4. The van der Waals surface area contributed by atoms with E-state index >= 15 is 0 Å². The first kappa shape index (κ1) is 80.2. The lowest BCUT2D eigenvalue weighted by Crippen LogP contribution is -1.69. The molecule has 0 rings (SSSR count). The normalized spacial score (nSPS) is 5.20. The number of ketones is 6. The second-order valence-corrected chi connectivity index (χ2v) is 5.45. The smallest absolute Gasteiger partial charge is 0.126 e. The molecule has 192 valence electrons. The first-order valence-electron chi connectivity index (χ1n) is 7.22. The van der Waals surface area contributed by atoms with Gasteiger partial charge in [0.15, 0.2) is 0 Å². The fourth-order valence-corrected chi connectivity index (χ4v) is 0. The highest BCUT2D eigenvalue weighted by atomic mass is 19.0. The summed E-state index contributed by atoms with van der Waals surface area (Å²) >= 11 is 0. The van der Waals surface area contributed by atoms with Crippen molar-refractivity contribution in [2.75, 3.05) is 0 Å². The molecule has 0 radical (unpaired) electrons. The van der Waals surface area contributed by atoms with E-state index in [1.54, 1.807) is 0 Å². The van der Waals surface area contributed by atoms with Gasteiger partial charge in [-0.2, -0.15) is 0 Å². The molecule has 0 heterocycles. The largest absolute Gasteiger partial charge is 0.300 e. The summed E-state index contributed by atoms with van der Waals surface area (Å²) in [4.78, 5) is 56.7. The molecule has 12 heteroatoms. The van der Waals surface area contributed by atoms with Crippen molar-refractivity contribution in [3.63, 3.8) is 0 Å². The van der Waals surface area contributed by atoms with Gasteiger partial charge in [0.05, 0.1) is 0 Å². The molecule has 6 nitrogen and oxygen atoms in total. The van der Waals surface area contributed by atoms with E-state index in [0.717, 1.165) is 0 Å². The van der Waals surface area contributed by atoms with Crippen LogP contribution in [0.25, 0.3) is 0 Å². The van der Waals surface area contributed by atoms with Gasteiger partial charge in [-0.05, 0) is 83.1 Å². The third-order valence-corrected chi connectivity index (χ3v) is 0. The van der Waals surface area contributed by atoms with Crippen molar-refractivity contribution in [2.24, 2.45) is 0 Å². The molecule has 0 N–H and O–H groups in total. The zero-order chi connectivity index (χ0) is 21.5. The van der Waals surface area contributed by atoms with E-state index in [2.05, 4.69) is 0 Å². The van der Waals surface area contributed by atoms with Crippen molar-refractivity contribution in [3.05, 3.63) is 0 Å². The second-order valence-electron chi connectivity index (χ2n) is 5.45. The quantitative estimate of drug-likeness (QED) is 0.486. The monoisotopic (exact) mass is 468 g/mol. The van der Waals surface area contributed by atoms with Gasteiger partial charge in [-0.15, -0.1) is 0 Å². The topological polar surface area (TPSA) is 102 Å². The Balaban J connectivity index is -0.0000000125. The Morgan fingerprint density at radius 3 is 0.233 bits per heavy atom. The Hall–Kier alpha value is -2.40. The van der Waals surface area contributed by atoms with Crippen molar-refractivity contribution in [2.45, 2.75) is 83.1 Å². The van der Waals surface area contributed by atoms with E-state index in [-0.39, 0.29) is 62.9 Å². The number of halogens is 6. The minimum atomic E-state index is 0. The maximum atomic E-state index is 9.44. The van der Waals surface area contributed by atoms with Crippen LogP contribution in [0.3, 0.4) is 0 Å². The van der Waals surface area contributed by atoms with Crippen molar-refractivity contribution in [1.82, 2.24) is 0 Å². The highest BCUT2D eigenvalue weighted by Gasteiger charge is 1.64. The molecule has 0 aromatic rings. The van der Waals surface area contributed by atoms with Crippen LogP contribution >= 0.6 is 0 Å². The Kier molecular flexibility index (Phi) is 192. The summed E-state index contributed by atoms with van der Waals surface area (Å²) in [6, 6.07) is 0. The molecular formula is C18H42F6O6. The lowest BCUT2D eigenvalue weighted by molar-refractivity contribution is -0.115. The van der Waals surface area contributed by atoms with E-state index in [4.69, 9.17) is 0 Å². The number of rotatable bonds is 0. The summed E-state index contributed by atoms with van der Waals surface area (Å²) in [5.41, 5.74) is 0. The minimum absolute atomic E-state index is 0. The van der Waals surface area contributed by atoms with Crippen LogP contribution in [0, 0.1) is 0 Å². The van der Waals surface area contributed by atoms with Crippen LogP contribution in [0.5, 0.6) is 0 Å². The van der Waals surface area contributed by atoms with Gasteiger partial charge in [0.25, 0.3) is 0 Å². The summed E-state index contributed by atoms with van der Waals surface area (Å²) in [7, 11) is 0. The Labute approximate surface area is 175 Å². The van der Waals surface area contributed by atoms with Crippen LogP contribution in [0.1, 0.15) is 83.1 Å². The number of carbonyl (C=O) groups excluding carboxylic acids is 6. The maximum absolute atomic E-state index is 9.44. The van der Waals surface area contributed by atoms with Crippen LogP contribution in [-0.4, -0.2) is 34.7 Å². The third kappa shape index (κ3) is 2690. The number of hydrogen-bond donors (Lipinski definition) is 0. The van der Waals surface area contributed by atoms with Crippen LogP contribution in [0.15, 0.2) is 0 Å². The van der Waals surface area contributed by atoms with Crippen molar-refractivity contribution >= 4 is 34.7 Å². The van der Waals surface area contributed by atoms with Crippen LogP contribution in [0.2, 0.25) is 0 Å². The fraction of sp³-hybridized carbons (Fsp3) is 0.667. The van der Waals surface area contributed by atoms with Crippen LogP contribution < -0.4 is 0 Å². The predicted molar refractivity (Wildman–Crippen MR) is 113 cm³/mol. The number of hydrogen-bond acceptors (Lipinski definition) is 6. The zero-order valence-corrected chi connectivity index (χ0v) is 19.9. The van der Waals surface area contributed by atoms with Gasteiger partial charge < -0.3 is 28.8 Å². The summed E-state index contributed by atoms with van der Waals surface area (Å²) < 4.78 is 0. The van der Waals surface area contributed by atoms with E-state index in [1.165, 1.54) is 83.1 Å². The van der Waals surface area contributed by atoms with Gasteiger partial charge in [-0.3, -0.25) is 28.2 Å². The average molecular weight is 469 g/mol. The Morgan fingerprint density at radius 1 is 0.233 bits per heavy atom. The highest BCUT2D eigenvalue weighted by Crippen LogP contribution is 1.52. The van der Waals surface area contributed by atoms with E-state index < -0.39 is 0 Å². The highest BCUT2D eigenvalue weighted by molar-refractivity contribution is 5.73. The molecular weight excluding hydrogens is 426 g/mol. The molecule has 0 aliphatic heterocycles. The molecule has 0 spiro atoms. The van der Waals surface area contributed by atoms with Gasteiger partial charge >= 0.3 is 0 Å². The Bertz CT molecular complexity index is 272. The molecule has 0 aromatic carbocycles. The molecule has 0 bridgehead atoms. The second kappa shape index (κ2) is 71.6. The van der Waals surface area contributed by atoms with Crippen molar-refractivity contribution in [3.8, 4) is 0 Å². The van der Waals surface area contributed by atoms with Gasteiger partial charge in [-0.1, -0.05) is 0 Å². The number of Topliss-reactive ketones (excluding diaryl/α,β-unsaturated/α-hetero) is 6. The minimum Gasteiger partial charge on any atom is -0.300 e. The average Bonchev–Trinajstić information content (AvgIpc) is 2.08. The van der Waals surface area contributed by atoms with Crippen LogP contribution in [0.4, 0.5) is 28.2 Å². The third-order valence-electron chi connectivity index (χ3n) is 0. The molecule has 0 aromatic heterocycles. The molecule has 0 aliphatic rings. The standard InChI is InChI=1S/6C3H6O.6FH/c6*1-3(2)4;;;;;;/h6*1-2H3;6*1H. The van der Waals surface area contributed by atoms with Gasteiger partial charge in [-0.25, -0.2) is 0 Å². The zero-order valence-electron chi connectivity index (χ0n) is 19.9.